The van der Waals surface area contributed by atoms with Crippen LogP contribution in [0.3, 0.4) is 0 Å². The van der Waals surface area contributed by atoms with E-state index in [1.54, 1.807) is 64.6 Å². The van der Waals surface area contributed by atoms with Gasteiger partial charge in [-0.25, -0.2) is 35.8 Å². The Hall–Kier alpha value is -11.7. The van der Waals surface area contributed by atoms with Gasteiger partial charge in [0.1, 0.15) is 53.1 Å². The molecule has 10 aromatic carbocycles. The summed E-state index contributed by atoms with van der Waals surface area (Å²) in [4.78, 5) is 18.0. The highest BCUT2D eigenvalue weighted by Gasteiger charge is 2.48. The van der Waals surface area contributed by atoms with Crippen molar-refractivity contribution in [1.29, 1.82) is 0 Å². The summed E-state index contributed by atoms with van der Waals surface area (Å²) in [7, 11) is 9.83. The number of aromatic nitrogens is 9. The van der Waals surface area contributed by atoms with Crippen LogP contribution in [0, 0.1) is 124 Å². The summed E-state index contributed by atoms with van der Waals surface area (Å²) in [6, 6.07) is 52.4. The lowest BCUT2D eigenvalue weighted by atomic mass is 9.84. The zero-order valence-corrected chi connectivity index (χ0v) is 75.9. The average molecular weight is 1690 g/mol. The van der Waals surface area contributed by atoms with Gasteiger partial charge in [0.05, 0.1) is 60.6 Å². The third kappa shape index (κ3) is 19.3. The zero-order valence-electron chi connectivity index (χ0n) is 75.9. The maximum Gasteiger partial charge on any atom is 0.394 e. The minimum Gasteiger partial charge on any atom is -0.232 e. The zero-order chi connectivity index (χ0) is 90.8. The summed E-state index contributed by atoms with van der Waals surface area (Å²) in [6.45, 7) is 33.4. The molecule has 644 valence electrons. The minimum absolute atomic E-state index is 0.109. The van der Waals surface area contributed by atoms with E-state index in [0.717, 1.165) is 137 Å². The topological polar surface area (TPSA) is 71.0 Å². The summed E-state index contributed by atoms with van der Waals surface area (Å²) in [6.07, 6.45) is 2.51. The van der Waals surface area contributed by atoms with Gasteiger partial charge in [-0.05, 0) is 321 Å². The molecule has 0 aliphatic heterocycles. The normalized spacial score (nSPS) is 11.8. The number of halogens is 10. The van der Waals surface area contributed by atoms with E-state index in [4.69, 9.17) is 0 Å². The second kappa shape index (κ2) is 37.4. The predicted molar refractivity (Wildman–Crippen MR) is 480 cm³/mol. The van der Waals surface area contributed by atoms with E-state index in [9.17, 15) is 43.9 Å². The number of hydrogen-bond acceptors (Lipinski definition) is 4. The molecule has 15 aromatic rings. The molecule has 0 amide bonds. The first-order valence-corrected chi connectivity index (χ1v) is 42.0. The Bertz CT molecular complexity index is 6270. The Morgan fingerprint density at radius 3 is 0.879 bits per heavy atom. The second-order valence-electron chi connectivity index (χ2n) is 34.7. The van der Waals surface area contributed by atoms with Gasteiger partial charge in [-0.2, -0.15) is 30.9 Å². The van der Waals surface area contributed by atoms with Gasteiger partial charge in [-0.1, -0.05) is 109 Å². The fourth-order valence-corrected chi connectivity index (χ4v) is 16.5. The lowest BCUT2D eigenvalue weighted by Gasteiger charge is -2.27. The smallest absolute Gasteiger partial charge is 0.232 e. The Kier molecular flexibility index (Phi) is 28.0. The quantitative estimate of drug-likeness (QED) is 0.0852. The molecule has 9 nitrogen and oxygen atoms in total. The summed E-state index contributed by atoms with van der Waals surface area (Å²) in [5.41, 5.74) is 25.0. The monoisotopic (exact) mass is 1690 g/mol. The number of nitrogens with zero attached hydrogens (tertiary/aromatic N) is 9. The first-order valence-electron chi connectivity index (χ1n) is 42.0. The molecule has 0 aliphatic rings. The minimum atomic E-state index is -4.29. The van der Waals surface area contributed by atoms with Crippen molar-refractivity contribution >= 4 is 54.5 Å². The van der Waals surface area contributed by atoms with Gasteiger partial charge in [-0.15, -0.1) is 0 Å². The molecule has 0 saturated heterocycles. The van der Waals surface area contributed by atoms with Crippen LogP contribution in [0.1, 0.15) is 149 Å². The highest BCUT2D eigenvalue weighted by Crippen LogP contribution is 2.44. The van der Waals surface area contributed by atoms with Crippen molar-refractivity contribution in [1.82, 2.24) is 19.9 Å². The van der Waals surface area contributed by atoms with E-state index < -0.39 is 23.2 Å². The van der Waals surface area contributed by atoms with Crippen molar-refractivity contribution in [3.05, 3.63) is 301 Å². The molecule has 5 aromatic heterocycles. The van der Waals surface area contributed by atoms with Crippen molar-refractivity contribution in [2.45, 2.75) is 182 Å². The molecule has 0 aliphatic carbocycles. The standard InChI is InChI=1S/2C23H25F4N2.2C21H24FN2.C17H16N/c2*1-13-9-18(14(2)15(3)20(13)24)21-17-8-7-16(10-19(17)28-12-29(21)6)11-22(4,5)23(25,26)27;2*1-6-7-16-8-9-17-19(11-16)23-12-24(5)21(17)18-10-13(2)20(22)15(4)14(18)3;1-13-7-3-5-9-15(13)17-12-11-14-8-4-6-10-16(14)18(17)2/h2*7-10,12H,11H2,1-6H3;2*8-12H,6-7H2,1-5H3;3-12H,1-2H3/q5*+1. The maximum atomic E-state index is 14.3. The molecule has 5 heterocycles. The van der Waals surface area contributed by atoms with Crippen LogP contribution in [-0.4, -0.2) is 32.3 Å². The second-order valence-corrected chi connectivity index (χ2v) is 34.7. The molecular weight excluding hydrogens is 1580 g/mol. The van der Waals surface area contributed by atoms with Crippen molar-refractivity contribution in [3.8, 4) is 56.3 Å². The van der Waals surface area contributed by atoms with Crippen molar-refractivity contribution in [2.24, 2.45) is 46.1 Å². The van der Waals surface area contributed by atoms with E-state index in [-0.39, 0.29) is 36.1 Å². The number of rotatable bonds is 13. The van der Waals surface area contributed by atoms with Crippen LogP contribution in [0.5, 0.6) is 0 Å². The Labute approximate surface area is 722 Å². The van der Waals surface area contributed by atoms with Gasteiger partial charge >= 0.3 is 12.4 Å². The number of benzene rings is 10. The third-order valence-corrected chi connectivity index (χ3v) is 24.6. The molecule has 124 heavy (non-hydrogen) atoms. The van der Waals surface area contributed by atoms with Gasteiger partial charge in [0.25, 0.3) is 25.3 Å². The summed E-state index contributed by atoms with van der Waals surface area (Å²) < 4.78 is 147. The summed E-state index contributed by atoms with van der Waals surface area (Å²) in [5, 5.41) is 5.12. The average Bonchev–Trinajstić information content (AvgIpc) is 0.766. The lowest BCUT2D eigenvalue weighted by molar-refractivity contribution is -0.662. The number of hydrogen-bond donors (Lipinski definition) is 0. The Balaban J connectivity index is 0.000000152. The Morgan fingerprint density at radius 1 is 0.298 bits per heavy atom. The van der Waals surface area contributed by atoms with E-state index in [0.29, 0.717) is 55.5 Å². The predicted octanol–water partition coefficient (Wildman–Crippen LogP) is 25.0. The molecular formula is C105H114F10N9+5. The molecule has 15 rings (SSSR count). The van der Waals surface area contributed by atoms with Gasteiger partial charge in [0.15, 0.2) is 22.1 Å². The number of pyridine rings is 1. The van der Waals surface area contributed by atoms with E-state index in [2.05, 4.69) is 149 Å². The van der Waals surface area contributed by atoms with Gasteiger partial charge < -0.3 is 0 Å². The van der Waals surface area contributed by atoms with Crippen LogP contribution >= 0.6 is 0 Å². The fraction of sp³-hybridized carbons (Fsp3) is 0.324. The van der Waals surface area contributed by atoms with E-state index in [1.807, 2.05) is 151 Å². The van der Waals surface area contributed by atoms with Crippen LogP contribution < -0.4 is 22.8 Å². The number of para-hydroxylation sites is 1. The molecule has 0 spiro atoms. The van der Waals surface area contributed by atoms with Crippen molar-refractivity contribution < 1.29 is 66.7 Å². The third-order valence-electron chi connectivity index (χ3n) is 24.6. The Morgan fingerprint density at radius 2 is 0.581 bits per heavy atom. The summed E-state index contributed by atoms with van der Waals surface area (Å²) >= 11 is 0. The van der Waals surface area contributed by atoms with Crippen LogP contribution in [0.25, 0.3) is 111 Å². The number of fused-ring (bicyclic) bond motifs is 5. The molecule has 0 saturated carbocycles. The molecule has 0 N–H and O–H groups in total. The largest absolute Gasteiger partial charge is 0.394 e. The van der Waals surface area contributed by atoms with Gasteiger partial charge in [-0.3, -0.25) is 0 Å². The first-order chi connectivity index (χ1) is 58.3. The number of aryl methyl sites for hydroxylation is 12. The fourth-order valence-electron chi connectivity index (χ4n) is 16.5. The molecule has 0 fully saturated rings. The molecule has 0 radical (unpaired) electrons. The van der Waals surface area contributed by atoms with Crippen LogP contribution in [0.15, 0.2) is 183 Å². The molecule has 0 unspecified atom stereocenters. The van der Waals surface area contributed by atoms with Crippen LogP contribution in [0.4, 0.5) is 43.9 Å². The molecule has 0 atom stereocenters. The van der Waals surface area contributed by atoms with E-state index >= 15 is 0 Å². The number of alkyl halides is 6. The highest BCUT2D eigenvalue weighted by molar-refractivity contribution is 5.95. The summed E-state index contributed by atoms with van der Waals surface area (Å²) in [5.74, 6) is -0.655. The van der Waals surface area contributed by atoms with Crippen LogP contribution in [0.2, 0.25) is 0 Å². The maximum absolute atomic E-state index is 14.3. The SMILES string of the molecule is CCCc1ccc2c(-c3cc(C)c(F)c(C)c3C)[n+](C)cnc2c1.CCCc1ccc2c(-c3cc(C)c(F)c(C)c3C)[n+](C)cnc2c1.Cc1cc(-c2c3ccc(CC(C)(C)C(F)(F)F)cc3nc[n+]2C)c(C)c(C)c1F.Cc1cc(-c2c3ccc(CC(C)(C)C(F)(F)F)cc3nc[n+]2C)c(C)c(C)c1F.Cc1ccccc1-c1ccc2ccccc2[n+]1C. The van der Waals surface area contributed by atoms with Gasteiger partial charge in [0, 0.05) is 45.3 Å². The van der Waals surface area contributed by atoms with Crippen LogP contribution in [-0.2, 0) is 60.9 Å². The van der Waals surface area contributed by atoms with E-state index in [1.165, 1.54) is 66.5 Å². The first kappa shape index (κ1) is 93.0. The highest BCUT2D eigenvalue weighted by atomic mass is 19.4. The lowest BCUT2D eigenvalue weighted by Crippen LogP contribution is -2.34. The van der Waals surface area contributed by atoms with Crippen molar-refractivity contribution in [2.75, 3.05) is 0 Å². The molecule has 0 bridgehead atoms. The van der Waals surface area contributed by atoms with Crippen molar-refractivity contribution in [3.63, 3.8) is 0 Å². The van der Waals surface area contributed by atoms with Gasteiger partial charge in [0.2, 0.25) is 11.2 Å². The molecule has 19 heteroatoms.